The normalized spacial score (nSPS) is 11.8. The number of rotatable bonds is 8. The smallest absolute Gasteiger partial charge is 0.100 e. The first-order valence-electron chi connectivity index (χ1n) is 29.6. The van der Waals surface area contributed by atoms with E-state index in [1.807, 2.05) is 12.4 Å². The van der Waals surface area contributed by atoms with Gasteiger partial charge in [0.05, 0.1) is 38.7 Å². The van der Waals surface area contributed by atoms with Crippen molar-refractivity contribution in [1.82, 2.24) is 18.7 Å². The van der Waals surface area contributed by atoms with Crippen molar-refractivity contribution in [1.29, 1.82) is 5.26 Å². The highest BCUT2D eigenvalue weighted by Crippen LogP contribution is 2.55. The third-order valence-electron chi connectivity index (χ3n) is 18.0. The van der Waals surface area contributed by atoms with Crippen molar-refractivity contribution >= 4 is 96.9 Å². The molecule has 0 saturated heterocycles. The van der Waals surface area contributed by atoms with Crippen molar-refractivity contribution < 1.29 is 0 Å². The van der Waals surface area contributed by atoms with Crippen molar-refractivity contribution in [2.45, 2.75) is 20.8 Å². The minimum atomic E-state index is 0.596. The van der Waals surface area contributed by atoms with Gasteiger partial charge in [-0.3, -0.25) is 4.98 Å². The molecular formula is C81H53N5S. The number of nitrogens with zero attached hydrogens (tertiary/aromatic N) is 5. The lowest BCUT2D eigenvalue weighted by Gasteiger charge is -2.27. The number of pyridine rings is 1. The number of fused-ring (bicyclic) bond motifs is 12. The van der Waals surface area contributed by atoms with Crippen LogP contribution in [0.4, 0.5) is 0 Å². The van der Waals surface area contributed by atoms with E-state index in [4.69, 9.17) is 0 Å². The highest BCUT2D eigenvalue weighted by Gasteiger charge is 2.31. The zero-order chi connectivity index (χ0) is 58.0. The van der Waals surface area contributed by atoms with Gasteiger partial charge in [0.15, 0.2) is 0 Å². The van der Waals surface area contributed by atoms with Crippen LogP contribution in [-0.4, -0.2) is 18.7 Å². The quantitative estimate of drug-likeness (QED) is 0.152. The third kappa shape index (κ3) is 7.80. The number of thiophene rings is 1. The van der Waals surface area contributed by atoms with Gasteiger partial charge < -0.3 is 13.7 Å². The molecule has 0 aliphatic heterocycles. The molecule has 12 aromatic carbocycles. The van der Waals surface area contributed by atoms with E-state index in [9.17, 15) is 5.26 Å². The van der Waals surface area contributed by atoms with E-state index in [2.05, 4.69) is 300 Å². The van der Waals surface area contributed by atoms with E-state index in [1.165, 1.54) is 53.7 Å². The van der Waals surface area contributed by atoms with Gasteiger partial charge in [-0.2, -0.15) is 5.26 Å². The number of aryl methyl sites for hydroxylation is 3. The van der Waals surface area contributed by atoms with Gasteiger partial charge in [0.1, 0.15) is 6.07 Å². The highest BCUT2D eigenvalue weighted by atomic mass is 32.1. The summed E-state index contributed by atoms with van der Waals surface area (Å²) in [6.45, 7) is 6.49. The molecule has 0 saturated carbocycles. The van der Waals surface area contributed by atoms with Crippen LogP contribution in [0.5, 0.6) is 0 Å². The van der Waals surface area contributed by atoms with Gasteiger partial charge in [-0.05, 0) is 181 Å². The van der Waals surface area contributed by atoms with Crippen molar-refractivity contribution in [2.24, 2.45) is 0 Å². The van der Waals surface area contributed by atoms with E-state index >= 15 is 0 Å². The molecular weight excluding hydrogens is 1070 g/mol. The van der Waals surface area contributed by atoms with Crippen LogP contribution in [0.2, 0.25) is 0 Å². The van der Waals surface area contributed by atoms with Gasteiger partial charge in [-0.25, -0.2) is 0 Å². The van der Waals surface area contributed by atoms with E-state index in [0.29, 0.717) is 5.56 Å². The summed E-state index contributed by atoms with van der Waals surface area (Å²) in [7, 11) is 0. The predicted molar refractivity (Wildman–Crippen MR) is 366 cm³/mol. The average Bonchev–Trinajstić information content (AvgIpc) is 1.03. The molecule has 0 aliphatic carbocycles. The molecule has 408 valence electrons. The molecule has 0 spiro atoms. The molecule has 0 fully saturated rings. The van der Waals surface area contributed by atoms with Crippen LogP contribution in [-0.2, 0) is 0 Å². The van der Waals surface area contributed by atoms with E-state index in [1.54, 1.807) is 11.3 Å². The third-order valence-corrected chi connectivity index (χ3v) is 19.1. The van der Waals surface area contributed by atoms with Crippen LogP contribution in [0.3, 0.4) is 0 Å². The molecule has 17 aromatic rings. The van der Waals surface area contributed by atoms with Crippen LogP contribution < -0.4 is 0 Å². The largest absolute Gasteiger partial charge is 0.309 e. The summed E-state index contributed by atoms with van der Waals surface area (Å²) in [6.07, 6.45) is 3.70. The zero-order valence-corrected chi connectivity index (χ0v) is 48.9. The van der Waals surface area contributed by atoms with Crippen molar-refractivity contribution in [3.63, 3.8) is 0 Å². The summed E-state index contributed by atoms with van der Waals surface area (Å²) in [5.41, 5.74) is 24.0. The molecule has 0 N–H and O–H groups in total. The number of hydrogen-bond acceptors (Lipinski definition) is 3. The summed E-state index contributed by atoms with van der Waals surface area (Å²) in [4.78, 5) is 4.58. The molecule has 5 aromatic heterocycles. The molecule has 0 amide bonds. The van der Waals surface area contributed by atoms with Crippen LogP contribution in [0.25, 0.3) is 158 Å². The zero-order valence-electron chi connectivity index (χ0n) is 48.0. The fraction of sp³-hybridized carbons (Fsp3) is 0.0370. The number of para-hydroxylation sites is 3. The van der Waals surface area contributed by atoms with Gasteiger partial charge in [-0.1, -0.05) is 156 Å². The van der Waals surface area contributed by atoms with Gasteiger partial charge in [0.2, 0.25) is 0 Å². The maximum Gasteiger partial charge on any atom is 0.100 e. The molecule has 0 bridgehead atoms. The molecule has 17 rings (SSSR count). The van der Waals surface area contributed by atoms with Gasteiger partial charge in [0.25, 0.3) is 0 Å². The van der Waals surface area contributed by atoms with Gasteiger partial charge in [0, 0.05) is 93.1 Å². The Hall–Kier alpha value is -11.1. The summed E-state index contributed by atoms with van der Waals surface area (Å²) in [6, 6.07) is 96.2. The van der Waals surface area contributed by atoms with E-state index in [-0.39, 0.29) is 0 Å². The minimum absolute atomic E-state index is 0.596. The Labute approximate surface area is 506 Å². The fourth-order valence-electron chi connectivity index (χ4n) is 14.2. The Balaban J connectivity index is 0.998. The summed E-state index contributed by atoms with van der Waals surface area (Å²) in [5.74, 6) is 0. The second-order valence-corrected chi connectivity index (χ2v) is 24.2. The van der Waals surface area contributed by atoms with E-state index in [0.717, 1.165) is 121 Å². The minimum Gasteiger partial charge on any atom is -0.309 e. The Morgan fingerprint density at radius 2 is 0.690 bits per heavy atom. The number of nitriles is 1. The first kappa shape index (κ1) is 50.4. The number of hydrogen-bond donors (Lipinski definition) is 0. The molecule has 87 heavy (non-hydrogen) atoms. The van der Waals surface area contributed by atoms with Crippen LogP contribution >= 0.6 is 11.3 Å². The summed E-state index contributed by atoms with van der Waals surface area (Å²) >= 11 is 1.80. The maximum absolute atomic E-state index is 12.4. The molecule has 0 unspecified atom stereocenters. The summed E-state index contributed by atoms with van der Waals surface area (Å²) < 4.78 is 9.54. The Morgan fingerprint density at radius 3 is 1.14 bits per heavy atom. The van der Waals surface area contributed by atoms with Crippen molar-refractivity contribution in [3.05, 3.63) is 289 Å². The monoisotopic (exact) mass is 1130 g/mol. The second kappa shape index (κ2) is 19.8. The average molecular weight is 1130 g/mol. The Bertz CT molecular complexity index is 5710. The number of aromatic nitrogens is 4. The lowest BCUT2D eigenvalue weighted by atomic mass is 9.75. The Kier molecular flexibility index (Phi) is 11.4. The van der Waals surface area contributed by atoms with Crippen molar-refractivity contribution in [3.8, 4) is 78.8 Å². The molecule has 0 atom stereocenters. The SMILES string of the molecule is Cc1ccc2c(c1)c1ccccc1n2-c1ccc(-c2c(-c3ccncc3)c(C#N)c(-c3cccc4sc5ccccc5c34)c(-c3ccc(-n4c5ccccc5c5cc(C)ccc54)cc3)c2-c2ccc(-n3c4ccccc4c4cc(C)ccc43)cc2)cc1. The Morgan fingerprint density at radius 1 is 0.322 bits per heavy atom. The lowest BCUT2D eigenvalue weighted by molar-refractivity contribution is 1.18. The lowest BCUT2D eigenvalue weighted by Crippen LogP contribution is -2.03. The van der Waals surface area contributed by atoms with Crippen LogP contribution in [0, 0.1) is 32.1 Å². The van der Waals surface area contributed by atoms with Gasteiger partial charge in [-0.15, -0.1) is 11.3 Å². The molecule has 6 heteroatoms. The second-order valence-electron chi connectivity index (χ2n) is 23.1. The summed E-state index contributed by atoms with van der Waals surface area (Å²) in [5, 5.41) is 22.0. The highest BCUT2D eigenvalue weighted by molar-refractivity contribution is 7.26. The first-order chi connectivity index (χ1) is 42.9. The van der Waals surface area contributed by atoms with Crippen LogP contribution in [0.1, 0.15) is 22.3 Å². The standard InChI is InChI=1S/C81H53N5S/c1-49-23-38-71-64(45-49)59-13-4-8-18-68(59)84(71)56-32-26-52(27-33-56)77-76(55-41-43-83-44-42-55)67(48-82)81(63-17-12-22-75-80(63)62-16-7-11-21-74(62)87-75)79(54-30-36-58(37-31-54)86-70-20-10-6-15-61(70)66-47-51(3)25-40-73(66)86)78(77)53-28-34-57(35-29-53)85-69-19-9-5-14-60(69)65-46-50(2)24-39-72(65)85/h4-47H,1-3H3. The molecule has 5 nitrogen and oxygen atoms in total. The van der Waals surface area contributed by atoms with Crippen molar-refractivity contribution in [2.75, 3.05) is 0 Å². The maximum atomic E-state index is 12.4. The fourth-order valence-corrected chi connectivity index (χ4v) is 15.3. The van der Waals surface area contributed by atoms with Gasteiger partial charge >= 0.3 is 0 Å². The molecule has 0 radical (unpaired) electrons. The van der Waals surface area contributed by atoms with Crippen LogP contribution in [0.15, 0.2) is 267 Å². The molecule has 0 aliphatic rings. The molecule has 5 heterocycles. The van der Waals surface area contributed by atoms with E-state index < -0.39 is 0 Å². The number of benzene rings is 12. The first-order valence-corrected chi connectivity index (χ1v) is 30.5. The topological polar surface area (TPSA) is 51.5 Å². The predicted octanol–water partition coefficient (Wildman–Crippen LogP) is 21.9.